The molecule has 2 rings (SSSR count). The van der Waals surface area contributed by atoms with Crippen LogP contribution in [-0.2, 0) is 4.79 Å². The molecule has 0 saturated carbocycles. The van der Waals surface area contributed by atoms with Crippen molar-refractivity contribution in [2.75, 3.05) is 19.3 Å². The summed E-state index contributed by atoms with van der Waals surface area (Å²) in [7, 11) is 1.73. The fourth-order valence-electron chi connectivity index (χ4n) is 2.25. The van der Waals surface area contributed by atoms with E-state index in [0.717, 1.165) is 0 Å². The summed E-state index contributed by atoms with van der Waals surface area (Å²) in [6.45, 7) is 4.41. The van der Waals surface area contributed by atoms with Gasteiger partial charge in [0, 0.05) is 32.0 Å². The van der Waals surface area contributed by atoms with Crippen molar-refractivity contribution in [2.45, 2.75) is 38.6 Å². The molecular weight excluding hydrogens is 270 g/mol. The largest absolute Gasteiger partial charge is 0.396 e. The molecule has 0 bridgehead atoms. The van der Waals surface area contributed by atoms with E-state index in [0.29, 0.717) is 25.2 Å². The number of hydrogen-bond acceptors (Lipinski definition) is 5. The van der Waals surface area contributed by atoms with Gasteiger partial charge in [0.25, 0.3) is 5.91 Å². The number of nitrogens with two attached hydrogens (primary N) is 1. The summed E-state index contributed by atoms with van der Waals surface area (Å²) >= 11 is 0. The van der Waals surface area contributed by atoms with Crippen LogP contribution in [0.3, 0.4) is 0 Å². The van der Waals surface area contributed by atoms with Gasteiger partial charge in [-0.1, -0.05) is 13.8 Å². The number of likely N-dealkylation sites (tertiary alicyclic amines) is 1. The Kier molecular flexibility index (Phi) is 4.40. The van der Waals surface area contributed by atoms with Gasteiger partial charge >= 0.3 is 0 Å². The Morgan fingerprint density at radius 3 is 2.86 bits per heavy atom. The van der Waals surface area contributed by atoms with E-state index in [1.54, 1.807) is 11.9 Å². The average Bonchev–Trinajstić information content (AvgIpc) is 2.43. The third-order valence-corrected chi connectivity index (χ3v) is 3.53. The Labute approximate surface area is 123 Å². The molecule has 3 N–H and O–H groups in total. The summed E-state index contributed by atoms with van der Waals surface area (Å²) in [5, 5.41) is 2.89. The summed E-state index contributed by atoms with van der Waals surface area (Å²) in [5.74, 6) is 0.495. The highest BCUT2D eigenvalue weighted by Crippen LogP contribution is 2.15. The molecule has 2 heterocycles. The fourth-order valence-corrected chi connectivity index (χ4v) is 2.25. The monoisotopic (exact) mass is 291 g/mol. The maximum atomic E-state index is 12.3. The maximum Gasteiger partial charge on any atom is 0.272 e. The van der Waals surface area contributed by atoms with Gasteiger partial charge in [-0.15, -0.1) is 0 Å². The number of amides is 2. The van der Waals surface area contributed by atoms with E-state index in [-0.39, 0.29) is 35.2 Å². The molecule has 1 aliphatic rings. The molecular formula is C14H21N5O2. The zero-order chi connectivity index (χ0) is 15.6. The predicted molar refractivity (Wildman–Crippen MR) is 78.7 cm³/mol. The lowest BCUT2D eigenvalue weighted by molar-refractivity contribution is -0.132. The first-order valence-electron chi connectivity index (χ1n) is 7.05. The van der Waals surface area contributed by atoms with Crippen molar-refractivity contribution in [3.05, 3.63) is 17.7 Å². The van der Waals surface area contributed by atoms with Crippen LogP contribution in [0.5, 0.6) is 0 Å². The first kappa shape index (κ1) is 15.2. The standard InChI is InChI=1S/C14H21N5O2/c1-8(2)13-16-6-10(15)12(18-13)14(21)17-9-4-5-11(20)19(3)7-9/h6,8-9H,4-5,7,15H2,1-3H3,(H,17,21). The Hall–Kier alpha value is -2.18. The lowest BCUT2D eigenvalue weighted by atomic mass is 10.1. The van der Waals surface area contributed by atoms with Gasteiger partial charge in [0.1, 0.15) is 5.82 Å². The fraction of sp³-hybridized carbons (Fsp3) is 0.571. The van der Waals surface area contributed by atoms with E-state index < -0.39 is 0 Å². The number of aromatic nitrogens is 2. The normalized spacial score (nSPS) is 19.0. The van der Waals surface area contributed by atoms with Crippen LogP contribution in [0.4, 0.5) is 5.69 Å². The van der Waals surface area contributed by atoms with Gasteiger partial charge < -0.3 is 16.0 Å². The van der Waals surface area contributed by atoms with Crippen LogP contribution in [0, 0.1) is 0 Å². The predicted octanol–water partition coefficient (Wildman–Crippen LogP) is 0.533. The van der Waals surface area contributed by atoms with Crippen molar-refractivity contribution in [3.8, 4) is 0 Å². The second-order valence-corrected chi connectivity index (χ2v) is 5.67. The molecule has 1 aromatic rings. The first-order chi connectivity index (χ1) is 9.88. The SMILES string of the molecule is CC(C)c1ncc(N)c(C(=O)NC2CCC(=O)N(C)C2)n1. The Balaban J connectivity index is 2.10. The van der Waals surface area contributed by atoms with Crippen molar-refractivity contribution in [3.63, 3.8) is 0 Å². The van der Waals surface area contributed by atoms with Crippen LogP contribution in [0.25, 0.3) is 0 Å². The number of piperidine rings is 1. The van der Waals surface area contributed by atoms with E-state index in [4.69, 9.17) is 5.73 Å². The summed E-state index contributed by atoms with van der Waals surface area (Å²) in [5.41, 5.74) is 6.26. The van der Waals surface area contributed by atoms with Gasteiger partial charge in [0.2, 0.25) is 5.91 Å². The van der Waals surface area contributed by atoms with Gasteiger partial charge in [-0.05, 0) is 6.42 Å². The molecule has 1 atom stereocenters. The number of anilines is 1. The highest BCUT2D eigenvalue weighted by Gasteiger charge is 2.25. The molecule has 1 fully saturated rings. The highest BCUT2D eigenvalue weighted by molar-refractivity contribution is 5.97. The van der Waals surface area contributed by atoms with Crippen LogP contribution in [0.1, 0.15) is 48.9 Å². The molecule has 0 aromatic carbocycles. The smallest absolute Gasteiger partial charge is 0.272 e. The van der Waals surface area contributed by atoms with Gasteiger partial charge in [-0.2, -0.15) is 0 Å². The molecule has 1 aromatic heterocycles. The maximum absolute atomic E-state index is 12.3. The average molecular weight is 291 g/mol. The van der Waals surface area contributed by atoms with Crippen LogP contribution < -0.4 is 11.1 Å². The minimum Gasteiger partial charge on any atom is -0.396 e. The van der Waals surface area contributed by atoms with Crippen LogP contribution >= 0.6 is 0 Å². The van der Waals surface area contributed by atoms with Gasteiger partial charge in [-0.25, -0.2) is 9.97 Å². The molecule has 0 spiro atoms. The minimum atomic E-state index is -0.315. The Morgan fingerprint density at radius 1 is 1.52 bits per heavy atom. The molecule has 7 heteroatoms. The lowest BCUT2D eigenvalue weighted by Crippen LogP contribution is -2.48. The number of likely N-dealkylation sites (N-methyl/N-ethyl adjacent to an activating group) is 1. The molecule has 1 aliphatic heterocycles. The van der Waals surface area contributed by atoms with Gasteiger partial charge in [-0.3, -0.25) is 9.59 Å². The van der Waals surface area contributed by atoms with Gasteiger partial charge in [0.05, 0.1) is 11.9 Å². The van der Waals surface area contributed by atoms with Crippen LogP contribution in [0.2, 0.25) is 0 Å². The van der Waals surface area contributed by atoms with Gasteiger partial charge in [0.15, 0.2) is 5.69 Å². The van der Waals surface area contributed by atoms with Crippen molar-refractivity contribution in [1.29, 1.82) is 0 Å². The second kappa shape index (κ2) is 6.07. The topological polar surface area (TPSA) is 101 Å². The Morgan fingerprint density at radius 2 is 2.24 bits per heavy atom. The molecule has 0 aliphatic carbocycles. The van der Waals surface area contributed by atoms with Crippen molar-refractivity contribution in [1.82, 2.24) is 20.2 Å². The number of nitrogen functional groups attached to an aromatic ring is 1. The second-order valence-electron chi connectivity index (χ2n) is 5.67. The summed E-state index contributed by atoms with van der Waals surface area (Å²) in [6, 6.07) is -0.0722. The molecule has 1 unspecified atom stereocenters. The number of nitrogens with zero attached hydrogens (tertiary/aromatic N) is 3. The van der Waals surface area contributed by atoms with Crippen molar-refractivity contribution >= 4 is 17.5 Å². The number of carbonyl (C=O) groups excluding carboxylic acids is 2. The number of hydrogen-bond donors (Lipinski definition) is 2. The number of rotatable bonds is 3. The third kappa shape index (κ3) is 3.48. The first-order valence-corrected chi connectivity index (χ1v) is 7.05. The number of nitrogens with one attached hydrogen (secondary N) is 1. The molecule has 21 heavy (non-hydrogen) atoms. The summed E-state index contributed by atoms with van der Waals surface area (Å²) in [6.07, 6.45) is 2.54. The van der Waals surface area contributed by atoms with E-state index in [9.17, 15) is 9.59 Å². The molecule has 2 amide bonds. The molecule has 114 valence electrons. The van der Waals surface area contributed by atoms with Crippen LogP contribution in [-0.4, -0.2) is 46.3 Å². The zero-order valence-corrected chi connectivity index (χ0v) is 12.6. The lowest BCUT2D eigenvalue weighted by Gasteiger charge is -2.30. The van der Waals surface area contributed by atoms with Crippen molar-refractivity contribution in [2.24, 2.45) is 0 Å². The van der Waals surface area contributed by atoms with E-state index in [1.165, 1.54) is 6.20 Å². The molecule has 7 nitrogen and oxygen atoms in total. The molecule has 0 radical (unpaired) electrons. The molecule has 1 saturated heterocycles. The highest BCUT2D eigenvalue weighted by atomic mass is 16.2. The Bertz CT molecular complexity index is 558. The summed E-state index contributed by atoms with van der Waals surface area (Å²) < 4.78 is 0. The summed E-state index contributed by atoms with van der Waals surface area (Å²) in [4.78, 5) is 33.7. The minimum absolute atomic E-state index is 0.0722. The van der Waals surface area contributed by atoms with E-state index >= 15 is 0 Å². The zero-order valence-electron chi connectivity index (χ0n) is 12.6. The number of carbonyl (C=O) groups is 2. The quantitative estimate of drug-likeness (QED) is 0.846. The van der Waals surface area contributed by atoms with Crippen LogP contribution in [0.15, 0.2) is 6.20 Å². The van der Waals surface area contributed by atoms with Crippen molar-refractivity contribution < 1.29 is 9.59 Å². The van der Waals surface area contributed by atoms with E-state index in [1.807, 2.05) is 13.8 Å². The third-order valence-electron chi connectivity index (χ3n) is 3.53. The van der Waals surface area contributed by atoms with E-state index in [2.05, 4.69) is 15.3 Å².